The minimum atomic E-state index is -0.692. The number of methoxy groups -OCH3 is 1. The molecular formula is C34H27N5O6S2. The SMILES string of the molecule is COc1cccc(-c2csc(NC(=O)CSc3cccc(NC(=O)/C(=C\c4ccccc4[N+](=O)[O-])NC(=O)c4ccccc4)c3)n2)c1. The number of aromatic nitrogens is 1. The molecule has 0 aliphatic carbocycles. The normalized spacial score (nSPS) is 11.0. The van der Waals surface area contributed by atoms with Crippen molar-refractivity contribution in [2.24, 2.45) is 0 Å². The van der Waals surface area contributed by atoms with Crippen molar-refractivity contribution in [1.29, 1.82) is 0 Å². The first-order valence-corrected chi connectivity index (χ1v) is 15.9. The third-order valence-corrected chi connectivity index (χ3v) is 8.29. The molecule has 0 radical (unpaired) electrons. The van der Waals surface area contributed by atoms with Crippen molar-refractivity contribution in [3.8, 4) is 17.0 Å². The predicted octanol–water partition coefficient (Wildman–Crippen LogP) is 6.87. The van der Waals surface area contributed by atoms with Crippen LogP contribution >= 0.6 is 23.1 Å². The second-order valence-electron chi connectivity index (χ2n) is 9.78. The van der Waals surface area contributed by atoms with Crippen molar-refractivity contribution in [2.75, 3.05) is 23.5 Å². The zero-order chi connectivity index (χ0) is 33.2. The number of ether oxygens (including phenoxy) is 1. The molecule has 47 heavy (non-hydrogen) atoms. The van der Waals surface area contributed by atoms with Crippen molar-refractivity contribution < 1.29 is 24.0 Å². The van der Waals surface area contributed by atoms with Crippen LogP contribution in [-0.2, 0) is 9.59 Å². The van der Waals surface area contributed by atoms with E-state index in [1.54, 1.807) is 67.8 Å². The van der Waals surface area contributed by atoms with Gasteiger partial charge in [0.15, 0.2) is 5.13 Å². The molecule has 5 aromatic rings. The maximum Gasteiger partial charge on any atom is 0.276 e. The number of anilines is 2. The average molecular weight is 666 g/mol. The van der Waals surface area contributed by atoms with E-state index >= 15 is 0 Å². The molecule has 11 nitrogen and oxygen atoms in total. The number of nitro benzene ring substituents is 1. The zero-order valence-electron chi connectivity index (χ0n) is 24.8. The van der Waals surface area contributed by atoms with Gasteiger partial charge < -0.3 is 20.7 Å². The number of benzene rings is 4. The van der Waals surface area contributed by atoms with Gasteiger partial charge in [-0.25, -0.2) is 4.98 Å². The van der Waals surface area contributed by atoms with Crippen LogP contribution in [0.25, 0.3) is 17.3 Å². The molecule has 0 fully saturated rings. The summed E-state index contributed by atoms with van der Waals surface area (Å²) in [4.78, 5) is 55.3. The Morgan fingerprint density at radius 2 is 1.70 bits per heavy atom. The third-order valence-electron chi connectivity index (χ3n) is 6.54. The summed E-state index contributed by atoms with van der Waals surface area (Å²) in [5.41, 5.74) is 2.01. The molecule has 3 N–H and O–H groups in total. The fourth-order valence-corrected chi connectivity index (χ4v) is 5.78. The van der Waals surface area contributed by atoms with E-state index in [1.807, 2.05) is 29.6 Å². The van der Waals surface area contributed by atoms with Gasteiger partial charge in [-0.05, 0) is 54.6 Å². The smallest absolute Gasteiger partial charge is 0.276 e. The minimum absolute atomic E-state index is 0.0848. The van der Waals surface area contributed by atoms with Crippen LogP contribution in [0, 0.1) is 10.1 Å². The van der Waals surface area contributed by atoms with E-state index in [9.17, 15) is 24.5 Å². The molecule has 236 valence electrons. The van der Waals surface area contributed by atoms with Crippen molar-refractivity contribution in [3.63, 3.8) is 0 Å². The molecule has 0 aliphatic heterocycles. The fourth-order valence-electron chi connectivity index (χ4n) is 4.29. The molecule has 0 aliphatic rings. The van der Waals surface area contributed by atoms with Crippen LogP contribution in [0.15, 0.2) is 119 Å². The van der Waals surface area contributed by atoms with Crippen LogP contribution < -0.4 is 20.7 Å². The van der Waals surface area contributed by atoms with Crippen LogP contribution in [-0.4, -0.2) is 40.5 Å². The fraction of sp³-hybridized carbons (Fsp3) is 0.0588. The molecule has 13 heteroatoms. The lowest BCUT2D eigenvalue weighted by Gasteiger charge is -2.12. The Bertz CT molecular complexity index is 1960. The highest BCUT2D eigenvalue weighted by Gasteiger charge is 2.19. The number of para-hydroxylation sites is 1. The summed E-state index contributed by atoms with van der Waals surface area (Å²) in [7, 11) is 1.59. The molecule has 0 saturated heterocycles. The second kappa shape index (κ2) is 15.5. The third kappa shape index (κ3) is 8.90. The van der Waals surface area contributed by atoms with Gasteiger partial charge in [-0.15, -0.1) is 23.1 Å². The first kappa shape index (κ1) is 32.6. The number of hydrogen-bond donors (Lipinski definition) is 3. The topological polar surface area (TPSA) is 153 Å². The second-order valence-corrected chi connectivity index (χ2v) is 11.7. The number of thioether (sulfide) groups is 1. The first-order chi connectivity index (χ1) is 22.8. The number of carbonyl (C=O) groups is 3. The van der Waals surface area contributed by atoms with E-state index in [4.69, 9.17) is 4.74 Å². The van der Waals surface area contributed by atoms with Gasteiger partial charge in [-0.2, -0.15) is 0 Å². The summed E-state index contributed by atoms with van der Waals surface area (Å²) >= 11 is 2.57. The highest BCUT2D eigenvalue weighted by Crippen LogP contribution is 2.28. The Kier molecular flexibility index (Phi) is 10.7. The molecule has 3 amide bonds. The number of hydrogen-bond acceptors (Lipinski definition) is 9. The number of nitro groups is 1. The summed E-state index contributed by atoms with van der Waals surface area (Å²) in [5.74, 6) is -0.712. The van der Waals surface area contributed by atoms with Gasteiger partial charge >= 0.3 is 0 Å². The standard InChI is InChI=1S/C34H27N5O6S2/c1-45-26-14-7-12-23(17-26)29-20-47-34(37-29)38-31(40)21-46-27-15-8-13-25(19-27)35-33(42)28(36-32(41)22-9-3-2-4-10-22)18-24-11-5-6-16-30(24)39(43)44/h2-20H,21H2,1H3,(H,35,42)(H,36,41)(H,37,38,40)/b28-18+. The number of nitrogens with one attached hydrogen (secondary N) is 3. The highest BCUT2D eigenvalue weighted by molar-refractivity contribution is 8.00. The van der Waals surface area contributed by atoms with Gasteiger partial charge in [-0.3, -0.25) is 24.5 Å². The quantitative estimate of drug-likeness (QED) is 0.0565. The number of nitrogens with zero attached hydrogens (tertiary/aromatic N) is 2. The van der Waals surface area contributed by atoms with Crippen molar-refractivity contribution in [3.05, 3.63) is 135 Å². The predicted molar refractivity (Wildman–Crippen MR) is 184 cm³/mol. The molecule has 0 unspecified atom stereocenters. The Morgan fingerprint density at radius 3 is 2.49 bits per heavy atom. The van der Waals surface area contributed by atoms with Crippen LogP contribution in [0.4, 0.5) is 16.5 Å². The van der Waals surface area contributed by atoms with E-state index in [0.29, 0.717) is 27.0 Å². The number of thiazole rings is 1. The number of carbonyl (C=O) groups excluding carboxylic acids is 3. The molecule has 0 spiro atoms. The van der Waals surface area contributed by atoms with Crippen molar-refractivity contribution >= 4 is 63.4 Å². The van der Waals surface area contributed by atoms with E-state index in [1.165, 1.54) is 47.4 Å². The number of amides is 3. The average Bonchev–Trinajstić information content (AvgIpc) is 3.56. The molecular weight excluding hydrogens is 639 g/mol. The lowest BCUT2D eigenvalue weighted by Crippen LogP contribution is -2.30. The molecule has 1 heterocycles. The highest BCUT2D eigenvalue weighted by atomic mass is 32.2. The lowest BCUT2D eigenvalue weighted by atomic mass is 10.1. The Balaban J connectivity index is 1.25. The maximum absolute atomic E-state index is 13.4. The van der Waals surface area contributed by atoms with Crippen molar-refractivity contribution in [1.82, 2.24) is 10.3 Å². The van der Waals surface area contributed by atoms with E-state index in [2.05, 4.69) is 20.9 Å². The summed E-state index contributed by atoms with van der Waals surface area (Å²) in [6.07, 6.45) is 1.26. The Morgan fingerprint density at radius 1 is 0.936 bits per heavy atom. The van der Waals surface area contributed by atoms with Crippen LogP contribution in [0.5, 0.6) is 5.75 Å². The Hall–Kier alpha value is -5.79. The van der Waals surface area contributed by atoms with E-state index in [-0.39, 0.29) is 28.6 Å². The summed E-state index contributed by atoms with van der Waals surface area (Å²) in [6.45, 7) is 0. The largest absolute Gasteiger partial charge is 0.497 e. The Labute approximate surface area is 277 Å². The van der Waals surface area contributed by atoms with Crippen molar-refractivity contribution in [2.45, 2.75) is 4.90 Å². The van der Waals surface area contributed by atoms with Crippen LogP contribution in [0.3, 0.4) is 0 Å². The summed E-state index contributed by atoms with van der Waals surface area (Å²) in [5, 5.41) is 22.0. The van der Waals surface area contributed by atoms with Crippen LogP contribution in [0.1, 0.15) is 15.9 Å². The van der Waals surface area contributed by atoms with E-state index < -0.39 is 16.7 Å². The monoisotopic (exact) mass is 665 g/mol. The first-order valence-electron chi connectivity index (χ1n) is 14.0. The zero-order valence-corrected chi connectivity index (χ0v) is 26.5. The van der Waals surface area contributed by atoms with Gasteiger partial charge in [0.05, 0.1) is 29.0 Å². The van der Waals surface area contributed by atoms with Crippen LogP contribution in [0.2, 0.25) is 0 Å². The van der Waals surface area contributed by atoms with E-state index in [0.717, 1.165) is 11.3 Å². The molecule has 0 saturated carbocycles. The molecule has 1 aromatic heterocycles. The minimum Gasteiger partial charge on any atom is -0.497 e. The summed E-state index contributed by atoms with van der Waals surface area (Å²) < 4.78 is 5.27. The van der Waals surface area contributed by atoms with Gasteiger partial charge in [0.2, 0.25) is 5.91 Å². The molecule has 5 rings (SSSR count). The molecule has 0 atom stereocenters. The maximum atomic E-state index is 13.4. The lowest BCUT2D eigenvalue weighted by molar-refractivity contribution is -0.385. The molecule has 0 bridgehead atoms. The summed E-state index contributed by atoms with van der Waals surface area (Å²) in [6, 6.07) is 28.5. The number of rotatable bonds is 12. The van der Waals surface area contributed by atoms with Gasteiger partial charge in [0.25, 0.3) is 17.5 Å². The van der Waals surface area contributed by atoms with Gasteiger partial charge in [0, 0.05) is 33.2 Å². The van der Waals surface area contributed by atoms with Gasteiger partial charge in [0.1, 0.15) is 11.4 Å². The molecule has 4 aromatic carbocycles. The van der Waals surface area contributed by atoms with Gasteiger partial charge in [-0.1, -0.05) is 48.5 Å².